The number of amides is 1. The molecule has 0 spiro atoms. The summed E-state index contributed by atoms with van der Waals surface area (Å²) in [5, 5.41) is 2.72. The van der Waals surface area contributed by atoms with Gasteiger partial charge in [-0.05, 0) is 62.1 Å². The number of carbonyl (C=O) groups is 1. The van der Waals surface area contributed by atoms with Crippen molar-refractivity contribution in [2.45, 2.75) is 40.7 Å². The molecule has 26 heavy (non-hydrogen) atoms. The highest BCUT2D eigenvalue weighted by atomic mass is 16.5. The molecule has 140 valence electrons. The van der Waals surface area contributed by atoms with Crippen LogP contribution in [-0.2, 0) is 17.8 Å². The number of rotatable bonds is 7. The lowest BCUT2D eigenvalue weighted by atomic mass is 10.0. The van der Waals surface area contributed by atoms with Crippen molar-refractivity contribution in [3.05, 3.63) is 52.6 Å². The predicted octanol–water partition coefficient (Wildman–Crippen LogP) is 5.02. The van der Waals surface area contributed by atoms with E-state index in [4.69, 9.17) is 14.2 Å². The summed E-state index contributed by atoms with van der Waals surface area (Å²) in [6.07, 6.45) is 0.465. The van der Waals surface area contributed by atoms with E-state index < -0.39 is 6.09 Å². The smallest absolute Gasteiger partial charge is 0.411 e. The van der Waals surface area contributed by atoms with Crippen molar-refractivity contribution >= 4 is 11.8 Å². The van der Waals surface area contributed by atoms with E-state index >= 15 is 0 Å². The molecule has 2 aromatic rings. The molecule has 5 heteroatoms. The molecule has 0 aromatic heterocycles. The number of anilines is 1. The van der Waals surface area contributed by atoms with E-state index in [2.05, 4.69) is 31.3 Å². The fourth-order valence-corrected chi connectivity index (χ4v) is 2.82. The van der Waals surface area contributed by atoms with Crippen molar-refractivity contribution < 1.29 is 19.0 Å². The second-order valence-electron chi connectivity index (χ2n) is 6.02. The summed E-state index contributed by atoms with van der Waals surface area (Å²) < 4.78 is 16.5. The Kier molecular flexibility index (Phi) is 6.89. The molecule has 0 unspecified atom stereocenters. The zero-order valence-corrected chi connectivity index (χ0v) is 16.1. The summed E-state index contributed by atoms with van der Waals surface area (Å²) >= 11 is 0. The topological polar surface area (TPSA) is 56.8 Å². The monoisotopic (exact) mass is 357 g/mol. The van der Waals surface area contributed by atoms with E-state index in [1.165, 1.54) is 18.2 Å². The van der Waals surface area contributed by atoms with Crippen LogP contribution in [0.3, 0.4) is 0 Å². The van der Waals surface area contributed by atoms with Crippen LogP contribution in [-0.4, -0.2) is 19.8 Å². The normalized spacial score (nSPS) is 10.3. The third-order valence-electron chi connectivity index (χ3n) is 4.24. The van der Waals surface area contributed by atoms with Crippen LogP contribution in [0.15, 0.2) is 30.3 Å². The van der Waals surface area contributed by atoms with Gasteiger partial charge >= 0.3 is 6.09 Å². The average Bonchev–Trinajstić information content (AvgIpc) is 2.63. The minimum absolute atomic E-state index is 0.279. The first kappa shape index (κ1) is 19.6. The summed E-state index contributed by atoms with van der Waals surface area (Å²) in [5.41, 5.74) is 5.00. The SMILES string of the molecule is CCOc1cccc(NC(=O)OC)c1COc1cc(C)c(CC)cc1C. The number of hydrogen-bond acceptors (Lipinski definition) is 4. The largest absolute Gasteiger partial charge is 0.493 e. The van der Waals surface area contributed by atoms with Gasteiger partial charge in [0.15, 0.2) is 0 Å². The first-order valence-corrected chi connectivity index (χ1v) is 8.82. The summed E-state index contributed by atoms with van der Waals surface area (Å²) in [4.78, 5) is 11.6. The number of carbonyl (C=O) groups excluding carboxylic acids is 1. The van der Waals surface area contributed by atoms with Crippen molar-refractivity contribution in [2.24, 2.45) is 0 Å². The molecule has 0 aliphatic rings. The van der Waals surface area contributed by atoms with Crippen LogP contribution in [0.25, 0.3) is 0 Å². The van der Waals surface area contributed by atoms with Gasteiger partial charge < -0.3 is 14.2 Å². The van der Waals surface area contributed by atoms with E-state index in [1.807, 2.05) is 26.0 Å². The molecular weight excluding hydrogens is 330 g/mol. The fraction of sp³-hybridized carbons (Fsp3) is 0.381. The fourth-order valence-electron chi connectivity index (χ4n) is 2.82. The highest BCUT2D eigenvalue weighted by molar-refractivity contribution is 5.86. The second-order valence-corrected chi connectivity index (χ2v) is 6.02. The Bertz CT molecular complexity index is 771. The molecule has 0 radical (unpaired) electrons. The van der Waals surface area contributed by atoms with Crippen LogP contribution in [0.4, 0.5) is 10.5 Å². The van der Waals surface area contributed by atoms with Crippen LogP contribution in [0.5, 0.6) is 11.5 Å². The molecule has 0 saturated heterocycles. The molecule has 0 heterocycles. The summed E-state index contributed by atoms with van der Waals surface area (Å²) in [5.74, 6) is 1.51. The quantitative estimate of drug-likeness (QED) is 0.756. The Hall–Kier alpha value is -2.69. The minimum Gasteiger partial charge on any atom is -0.493 e. The average molecular weight is 357 g/mol. The summed E-state index contributed by atoms with van der Waals surface area (Å²) in [7, 11) is 1.33. The van der Waals surface area contributed by atoms with E-state index in [0.29, 0.717) is 18.0 Å². The molecule has 0 bridgehead atoms. The zero-order chi connectivity index (χ0) is 19.1. The number of ether oxygens (including phenoxy) is 3. The van der Waals surface area contributed by atoms with Gasteiger partial charge in [0.2, 0.25) is 0 Å². The lowest BCUT2D eigenvalue weighted by molar-refractivity contribution is 0.187. The Morgan fingerprint density at radius 2 is 1.81 bits per heavy atom. The Balaban J connectivity index is 2.30. The predicted molar refractivity (Wildman–Crippen MR) is 103 cm³/mol. The van der Waals surface area contributed by atoms with E-state index in [9.17, 15) is 4.79 Å². The first-order valence-electron chi connectivity index (χ1n) is 8.82. The molecule has 1 amide bonds. The lowest BCUT2D eigenvalue weighted by Gasteiger charge is -2.17. The van der Waals surface area contributed by atoms with Crippen LogP contribution in [0.1, 0.15) is 36.1 Å². The maximum absolute atomic E-state index is 11.6. The molecule has 0 aliphatic carbocycles. The van der Waals surface area contributed by atoms with Crippen molar-refractivity contribution in [1.29, 1.82) is 0 Å². The van der Waals surface area contributed by atoms with Gasteiger partial charge in [0, 0.05) is 0 Å². The highest BCUT2D eigenvalue weighted by Gasteiger charge is 2.14. The van der Waals surface area contributed by atoms with E-state index in [0.717, 1.165) is 23.3 Å². The van der Waals surface area contributed by atoms with E-state index in [1.54, 1.807) is 6.07 Å². The summed E-state index contributed by atoms with van der Waals surface area (Å²) in [6.45, 7) is 8.99. The van der Waals surface area contributed by atoms with Crippen LogP contribution < -0.4 is 14.8 Å². The van der Waals surface area contributed by atoms with Crippen LogP contribution in [0, 0.1) is 13.8 Å². The van der Waals surface area contributed by atoms with Gasteiger partial charge in [0.25, 0.3) is 0 Å². The highest BCUT2D eigenvalue weighted by Crippen LogP contribution is 2.30. The van der Waals surface area contributed by atoms with Gasteiger partial charge in [-0.15, -0.1) is 0 Å². The van der Waals surface area contributed by atoms with Gasteiger partial charge in [-0.2, -0.15) is 0 Å². The van der Waals surface area contributed by atoms with Crippen molar-refractivity contribution in [3.8, 4) is 11.5 Å². The first-order chi connectivity index (χ1) is 12.5. The molecule has 1 N–H and O–H groups in total. The molecule has 2 aromatic carbocycles. The van der Waals surface area contributed by atoms with E-state index in [-0.39, 0.29) is 6.61 Å². The van der Waals surface area contributed by atoms with Crippen molar-refractivity contribution in [2.75, 3.05) is 19.0 Å². The molecule has 0 fully saturated rings. The third-order valence-corrected chi connectivity index (χ3v) is 4.24. The number of hydrogen-bond donors (Lipinski definition) is 1. The Morgan fingerprint density at radius 3 is 2.46 bits per heavy atom. The number of methoxy groups -OCH3 is 1. The van der Waals surface area contributed by atoms with Gasteiger partial charge in [0.05, 0.1) is 25.0 Å². The summed E-state index contributed by atoms with van der Waals surface area (Å²) in [6, 6.07) is 9.71. The number of benzene rings is 2. The molecule has 0 aliphatic heterocycles. The molecule has 0 atom stereocenters. The Morgan fingerprint density at radius 1 is 1.04 bits per heavy atom. The second kappa shape index (κ2) is 9.13. The van der Waals surface area contributed by atoms with Gasteiger partial charge in [-0.1, -0.05) is 19.1 Å². The minimum atomic E-state index is -0.528. The maximum Gasteiger partial charge on any atom is 0.411 e. The van der Waals surface area contributed by atoms with Gasteiger partial charge in [-0.25, -0.2) is 4.79 Å². The van der Waals surface area contributed by atoms with Crippen molar-refractivity contribution in [1.82, 2.24) is 0 Å². The number of aryl methyl sites for hydroxylation is 3. The third kappa shape index (κ3) is 4.69. The van der Waals surface area contributed by atoms with Crippen LogP contribution in [0.2, 0.25) is 0 Å². The molecular formula is C21H27NO4. The maximum atomic E-state index is 11.6. The Labute approximate surface area is 155 Å². The lowest BCUT2D eigenvalue weighted by Crippen LogP contribution is -2.14. The zero-order valence-electron chi connectivity index (χ0n) is 16.1. The van der Waals surface area contributed by atoms with Crippen molar-refractivity contribution in [3.63, 3.8) is 0 Å². The molecule has 5 nitrogen and oxygen atoms in total. The standard InChI is InChI=1S/C21H27NO4/c1-6-16-11-15(4)20(12-14(16)3)26-13-17-18(22-21(23)24-5)9-8-10-19(17)25-7-2/h8-12H,6-7,13H2,1-5H3,(H,22,23). The molecule has 0 saturated carbocycles. The van der Waals surface area contributed by atoms with Gasteiger partial charge in [-0.3, -0.25) is 5.32 Å². The number of nitrogens with one attached hydrogen (secondary N) is 1. The van der Waals surface area contributed by atoms with Crippen LogP contribution >= 0.6 is 0 Å². The van der Waals surface area contributed by atoms with Gasteiger partial charge in [0.1, 0.15) is 18.1 Å². The molecule has 2 rings (SSSR count).